The molecule has 4 aliphatic rings. The average molecular weight is 973 g/mol. The smallest absolute Gasteiger partial charge is 0.0601 e. The summed E-state index contributed by atoms with van der Waals surface area (Å²) in [5.41, 5.74) is 22.4. The molecule has 0 atom stereocenters. The summed E-state index contributed by atoms with van der Waals surface area (Å²) < 4.78 is 0. The van der Waals surface area contributed by atoms with E-state index in [0.29, 0.717) is 0 Å². The highest BCUT2D eigenvalue weighted by atomic mass is 32.2. The second-order valence-electron chi connectivity index (χ2n) is 19.8. The largest absolute Gasteiger partial charge is 0.308 e. The maximum absolute atomic E-state index is 2.51. The molecule has 0 bridgehead atoms. The quantitative estimate of drug-likeness (QED) is 0.162. The van der Waals surface area contributed by atoms with Crippen LogP contribution in [0.5, 0.6) is 0 Å². The molecule has 0 amide bonds. The van der Waals surface area contributed by atoms with Crippen LogP contribution in [-0.2, 0) is 0 Å². The zero-order valence-electron chi connectivity index (χ0n) is 39.8. The second-order valence-corrected chi connectivity index (χ2v) is 22.0. The summed E-state index contributed by atoms with van der Waals surface area (Å²) >= 11 is 3.71. The van der Waals surface area contributed by atoms with Gasteiger partial charge >= 0.3 is 0 Å². The van der Waals surface area contributed by atoms with Gasteiger partial charge in [-0.25, -0.2) is 0 Å². The van der Waals surface area contributed by atoms with Gasteiger partial charge in [-0.1, -0.05) is 193 Å². The Labute approximate surface area is 436 Å². The maximum Gasteiger partial charge on any atom is 0.0601 e. The van der Waals surface area contributed by atoms with E-state index in [9.17, 15) is 0 Å². The third kappa shape index (κ3) is 5.59. The van der Waals surface area contributed by atoms with Crippen molar-refractivity contribution in [3.8, 4) is 66.8 Å². The first-order chi connectivity index (χ1) is 36.7. The van der Waals surface area contributed by atoms with Crippen LogP contribution in [0.25, 0.3) is 110 Å². The van der Waals surface area contributed by atoms with Gasteiger partial charge in [0.15, 0.2) is 0 Å². The van der Waals surface area contributed by atoms with Crippen LogP contribution in [0.4, 0.5) is 34.1 Å². The Morgan fingerprint density at radius 3 is 0.905 bits per heavy atom. The maximum atomic E-state index is 2.51. The molecule has 17 rings (SSSR count). The number of para-hydroxylation sites is 4. The Balaban J connectivity index is 1.03. The average Bonchev–Trinajstić information content (AvgIpc) is 4.03. The Kier molecular flexibility index (Phi) is 8.46. The summed E-state index contributed by atoms with van der Waals surface area (Å²) in [6, 6.07) is 91.5. The first-order valence-electron chi connectivity index (χ1n) is 25.4. The Hall–Kier alpha value is -8.80. The fraction of sp³-hybridized carbons (Fsp3) is 0. The van der Waals surface area contributed by atoms with Crippen molar-refractivity contribution in [2.75, 3.05) is 9.80 Å². The van der Waals surface area contributed by atoms with Crippen molar-refractivity contribution in [1.82, 2.24) is 0 Å². The molecule has 74 heavy (non-hydrogen) atoms. The lowest BCUT2D eigenvalue weighted by Crippen LogP contribution is -2.15. The second kappa shape index (κ2) is 15.4. The van der Waals surface area contributed by atoms with Gasteiger partial charge in [-0.15, -0.1) is 0 Å². The number of hydrogen-bond donors (Lipinski definition) is 0. The fourth-order valence-electron chi connectivity index (χ4n) is 13.1. The van der Waals surface area contributed by atoms with E-state index in [1.807, 2.05) is 23.5 Å². The van der Waals surface area contributed by atoms with Gasteiger partial charge in [-0.05, 0) is 183 Å². The van der Waals surface area contributed by atoms with Gasteiger partial charge in [0, 0.05) is 31.0 Å². The molecule has 0 saturated heterocycles. The number of anilines is 6. The van der Waals surface area contributed by atoms with Gasteiger partial charge in [0.2, 0.25) is 0 Å². The minimum absolute atomic E-state index is 1.13. The van der Waals surface area contributed by atoms with Crippen molar-refractivity contribution in [1.29, 1.82) is 0 Å². The summed E-state index contributed by atoms with van der Waals surface area (Å²) in [4.78, 5) is 9.97. The molecule has 342 valence electrons. The summed E-state index contributed by atoms with van der Waals surface area (Å²) in [5.74, 6) is 0. The summed E-state index contributed by atoms with van der Waals surface area (Å²) in [5, 5.41) is 10.1. The van der Waals surface area contributed by atoms with Crippen molar-refractivity contribution >= 4 is 101 Å². The standard InChI is InChI=1S/C70H40N2S2/c1-3-17-45-43(15-1)47-19-13-21-49-53(37-35-51(45)67(47)49)69-55-33-31-42(72-61-25-7-11-29-65(61)74-66-30-12-8-26-62(66)72)40-58(55)70(54-38-36-52-46-18-4-2-16-44(46)48-20-14-22-50(54)68(48)52)56-34-32-41(39-57(56)69)71-59-23-5-9-27-63(59)73-64-28-10-6-24-60(64)71/h1-40H. The lowest BCUT2D eigenvalue weighted by molar-refractivity contribution is 1.17. The fourth-order valence-corrected chi connectivity index (χ4v) is 15.2. The van der Waals surface area contributed by atoms with Crippen molar-refractivity contribution < 1.29 is 0 Å². The van der Waals surface area contributed by atoms with Crippen molar-refractivity contribution in [3.05, 3.63) is 243 Å². The van der Waals surface area contributed by atoms with Crippen LogP contribution >= 0.6 is 23.5 Å². The molecule has 4 heteroatoms. The minimum atomic E-state index is 1.13. The first kappa shape index (κ1) is 40.8. The molecule has 0 aromatic heterocycles. The predicted octanol–water partition coefficient (Wildman–Crippen LogP) is 20.8. The molecule has 0 fully saturated rings. The van der Waals surface area contributed by atoms with Gasteiger partial charge in [-0.3, -0.25) is 0 Å². The first-order valence-corrected chi connectivity index (χ1v) is 27.0. The third-order valence-electron chi connectivity index (χ3n) is 16.1. The third-order valence-corrected chi connectivity index (χ3v) is 18.4. The Bertz CT molecular complexity index is 4200. The Morgan fingerprint density at radius 2 is 0.527 bits per heavy atom. The van der Waals surface area contributed by atoms with E-state index in [4.69, 9.17) is 0 Å². The molecule has 0 radical (unpaired) electrons. The minimum Gasteiger partial charge on any atom is -0.308 e. The number of nitrogens with zero attached hydrogens (tertiary/aromatic N) is 2. The monoisotopic (exact) mass is 972 g/mol. The van der Waals surface area contributed by atoms with Crippen LogP contribution in [0.3, 0.4) is 0 Å². The highest BCUT2D eigenvalue weighted by Gasteiger charge is 2.31. The van der Waals surface area contributed by atoms with E-state index in [1.54, 1.807) is 0 Å². The topological polar surface area (TPSA) is 6.48 Å². The molecule has 0 N–H and O–H groups in total. The van der Waals surface area contributed by atoms with Crippen LogP contribution in [0.2, 0.25) is 0 Å². The summed E-state index contributed by atoms with van der Waals surface area (Å²) in [6.45, 7) is 0. The van der Waals surface area contributed by atoms with Gasteiger partial charge < -0.3 is 9.80 Å². The molecule has 2 nitrogen and oxygen atoms in total. The number of rotatable bonds is 4. The Morgan fingerprint density at radius 1 is 0.216 bits per heavy atom. The lowest BCUT2D eigenvalue weighted by atomic mass is 9.82. The molecule has 0 spiro atoms. The SMILES string of the molecule is c1ccc2c(c1)Sc1ccccc1N2c1ccc2c(-c3ccc4c5c(cccc35)-c3ccccc3-4)c3cc(N4c5ccccc5Sc5ccccc54)ccc3c(-c3ccc4c5c(cccc35)-c3ccccc3-4)c2c1. The summed E-state index contributed by atoms with van der Waals surface area (Å²) in [6.07, 6.45) is 0. The van der Waals surface area contributed by atoms with Gasteiger partial charge in [-0.2, -0.15) is 0 Å². The van der Waals surface area contributed by atoms with E-state index in [1.165, 1.54) is 152 Å². The highest BCUT2D eigenvalue weighted by Crippen LogP contribution is 2.58. The van der Waals surface area contributed by atoms with Gasteiger partial charge in [0.25, 0.3) is 0 Å². The van der Waals surface area contributed by atoms with Crippen molar-refractivity contribution in [2.24, 2.45) is 0 Å². The molecule has 0 unspecified atom stereocenters. The molecule has 2 aliphatic heterocycles. The van der Waals surface area contributed by atoms with Gasteiger partial charge in [0.1, 0.15) is 0 Å². The van der Waals surface area contributed by atoms with Crippen molar-refractivity contribution in [3.63, 3.8) is 0 Å². The zero-order valence-corrected chi connectivity index (χ0v) is 41.4. The number of benzene rings is 13. The van der Waals surface area contributed by atoms with Crippen molar-refractivity contribution in [2.45, 2.75) is 19.6 Å². The van der Waals surface area contributed by atoms with E-state index >= 15 is 0 Å². The molecular weight excluding hydrogens is 933 g/mol. The highest BCUT2D eigenvalue weighted by molar-refractivity contribution is 8.00. The van der Waals surface area contributed by atoms with E-state index in [-0.39, 0.29) is 0 Å². The molecule has 13 aromatic carbocycles. The van der Waals surface area contributed by atoms with Crippen LogP contribution < -0.4 is 9.80 Å². The van der Waals surface area contributed by atoms with Crippen LogP contribution in [0.1, 0.15) is 0 Å². The van der Waals surface area contributed by atoms with E-state index in [0.717, 1.165) is 11.4 Å². The molecular formula is C70H40N2S2. The zero-order chi connectivity index (χ0) is 48.2. The normalized spacial score (nSPS) is 13.2. The lowest BCUT2D eigenvalue weighted by Gasteiger charge is -2.34. The molecule has 13 aromatic rings. The summed E-state index contributed by atoms with van der Waals surface area (Å²) in [7, 11) is 0. The number of fused-ring (bicyclic) bond motifs is 12. The van der Waals surface area contributed by atoms with Crippen LogP contribution in [0.15, 0.2) is 262 Å². The van der Waals surface area contributed by atoms with E-state index < -0.39 is 0 Å². The predicted molar refractivity (Wildman–Crippen MR) is 314 cm³/mol. The van der Waals surface area contributed by atoms with Gasteiger partial charge in [0.05, 0.1) is 22.7 Å². The molecule has 0 saturated carbocycles. The van der Waals surface area contributed by atoms with Crippen LogP contribution in [0, 0.1) is 0 Å². The van der Waals surface area contributed by atoms with Crippen LogP contribution in [-0.4, -0.2) is 0 Å². The number of hydrogen-bond acceptors (Lipinski definition) is 4. The molecule has 2 aliphatic carbocycles. The van der Waals surface area contributed by atoms with E-state index in [2.05, 4.69) is 252 Å². The molecule has 2 heterocycles.